The van der Waals surface area contributed by atoms with Crippen LogP contribution in [0.3, 0.4) is 0 Å². The molecule has 1 aromatic carbocycles. The molecule has 0 fully saturated rings. The van der Waals surface area contributed by atoms with Gasteiger partial charge in [-0.05, 0) is 57.7 Å². The number of halogens is 2. The molecule has 1 aromatic rings. The van der Waals surface area contributed by atoms with Crippen LogP contribution in [-0.2, 0) is 16.2 Å². The minimum atomic E-state index is -1.45. The van der Waals surface area contributed by atoms with Gasteiger partial charge in [0.15, 0.2) is 0 Å². The summed E-state index contributed by atoms with van der Waals surface area (Å²) in [5.74, 6) is -2.89. The Bertz CT molecular complexity index is 543. The Morgan fingerprint density at radius 3 is 2.21 bits per heavy atom. The second-order valence-corrected chi connectivity index (χ2v) is 8.77. The first-order chi connectivity index (χ1) is 11.0. The summed E-state index contributed by atoms with van der Waals surface area (Å²) >= 11 is -1.45. The maximum Gasteiger partial charge on any atom is 0.306 e. The average Bonchev–Trinajstić information content (AvgIpc) is 2.43. The molecule has 0 bridgehead atoms. The van der Waals surface area contributed by atoms with Gasteiger partial charge in [0.05, 0.1) is 12.0 Å². The zero-order chi connectivity index (χ0) is 18.5. The van der Waals surface area contributed by atoms with Crippen molar-refractivity contribution in [3.8, 4) is 0 Å². The highest BCUT2D eigenvalue weighted by Gasteiger charge is 2.31. The zero-order valence-electron chi connectivity index (χ0n) is 14.4. The molecule has 1 rings (SSSR count). The highest BCUT2D eigenvalue weighted by atomic mass is 32.2. The van der Waals surface area contributed by atoms with Crippen LogP contribution in [0, 0.1) is 17.6 Å². The van der Waals surface area contributed by atoms with Gasteiger partial charge in [-0.2, -0.15) is 0 Å². The third kappa shape index (κ3) is 6.37. The van der Waals surface area contributed by atoms with Crippen LogP contribution in [0.15, 0.2) is 18.2 Å². The Hall–Kier alpha value is -1.18. The predicted octanol–water partition coefficient (Wildman–Crippen LogP) is 3.95. The van der Waals surface area contributed by atoms with E-state index in [1.807, 2.05) is 0 Å². The van der Waals surface area contributed by atoms with Gasteiger partial charge < -0.3 is 9.66 Å². The van der Waals surface area contributed by atoms with E-state index in [-0.39, 0.29) is 0 Å². The number of hydrogen-bond donors (Lipinski definition) is 2. The lowest BCUT2D eigenvalue weighted by atomic mass is 9.94. The number of hydrogen-bond acceptors (Lipinski definition) is 3. The van der Waals surface area contributed by atoms with Crippen LogP contribution in [0.4, 0.5) is 8.78 Å². The van der Waals surface area contributed by atoms with Crippen molar-refractivity contribution in [2.45, 2.75) is 57.7 Å². The van der Waals surface area contributed by atoms with E-state index >= 15 is 0 Å². The van der Waals surface area contributed by atoms with Crippen molar-refractivity contribution in [2.24, 2.45) is 5.92 Å². The highest BCUT2D eigenvalue weighted by Crippen LogP contribution is 2.27. The molecule has 0 aliphatic heterocycles. The minimum Gasteiger partial charge on any atom is -0.598 e. The topological polar surface area (TPSA) is 72.4 Å². The van der Waals surface area contributed by atoms with Crippen molar-refractivity contribution in [1.29, 1.82) is 0 Å². The molecule has 0 spiro atoms. The summed E-state index contributed by atoms with van der Waals surface area (Å²) in [5.41, 5.74) is 0.324. The van der Waals surface area contributed by atoms with Crippen molar-refractivity contribution >= 4 is 17.3 Å². The molecule has 136 valence electrons. The van der Waals surface area contributed by atoms with E-state index in [9.17, 15) is 18.1 Å². The van der Waals surface area contributed by atoms with E-state index in [4.69, 9.17) is 5.11 Å². The number of nitrogens with one attached hydrogen (secondary N) is 1. The monoisotopic (exact) mass is 361 g/mol. The van der Waals surface area contributed by atoms with Gasteiger partial charge in [-0.3, -0.25) is 4.79 Å². The molecule has 0 saturated carbocycles. The van der Waals surface area contributed by atoms with Crippen molar-refractivity contribution in [3.05, 3.63) is 35.4 Å². The van der Waals surface area contributed by atoms with Crippen molar-refractivity contribution < 1.29 is 23.2 Å². The maximum absolute atomic E-state index is 13.5. The quantitative estimate of drug-likeness (QED) is 0.688. The summed E-state index contributed by atoms with van der Waals surface area (Å²) in [6.45, 7) is 7.12. The lowest BCUT2D eigenvalue weighted by Crippen LogP contribution is -2.41. The first kappa shape index (κ1) is 20.9. The number of carbonyl (C=O) groups is 1. The first-order valence-corrected chi connectivity index (χ1v) is 9.06. The fourth-order valence-corrected chi connectivity index (χ4v) is 3.11. The molecule has 2 N–H and O–H groups in total. The molecular weight excluding hydrogens is 336 g/mol. The molecule has 0 aliphatic rings. The van der Waals surface area contributed by atoms with Gasteiger partial charge in [0.2, 0.25) is 0 Å². The van der Waals surface area contributed by atoms with Crippen LogP contribution in [0.1, 0.15) is 58.6 Å². The third-order valence-electron chi connectivity index (χ3n) is 3.74. The summed E-state index contributed by atoms with van der Waals surface area (Å²) in [7, 11) is 0. The average molecular weight is 361 g/mol. The summed E-state index contributed by atoms with van der Waals surface area (Å²) in [5, 5.41) is 9.16. The third-order valence-corrected chi connectivity index (χ3v) is 5.35. The number of benzene rings is 1. The normalized spacial score (nSPS) is 15.8. The second-order valence-electron chi connectivity index (χ2n) is 6.78. The number of rotatable bonds is 8. The maximum atomic E-state index is 13.5. The molecule has 3 atom stereocenters. The second kappa shape index (κ2) is 8.78. The molecule has 4 nitrogen and oxygen atoms in total. The van der Waals surface area contributed by atoms with Crippen LogP contribution in [-0.4, -0.2) is 20.4 Å². The summed E-state index contributed by atoms with van der Waals surface area (Å²) < 4.78 is 41.7. The van der Waals surface area contributed by atoms with Crippen molar-refractivity contribution in [2.75, 3.05) is 0 Å². The van der Waals surface area contributed by atoms with E-state index in [1.165, 1.54) is 12.1 Å². The van der Waals surface area contributed by atoms with Gasteiger partial charge in [0, 0.05) is 17.4 Å². The van der Waals surface area contributed by atoms with Crippen molar-refractivity contribution in [1.82, 2.24) is 4.72 Å². The molecular formula is C17H25F2NO3S. The summed E-state index contributed by atoms with van der Waals surface area (Å²) in [6, 6.07) is 2.54. The van der Waals surface area contributed by atoms with E-state index in [0.717, 1.165) is 6.07 Å². The zero-order valence-corrected chi connectivity index (χ0v) is 15.3. The van der Waals surface area contributed by atoms with Gasteiger partial charge in [0.25, 0.3) is 0 Å². The van der Waals surface area contributed by atoms with Crippen LogP contribution < -0.4 is 4.72 Å². The molecule has 1 unspecified atom stereocenters. The molecule has 24 heavy (non-hydrogen) atoms. The SMILES string of the molecule is CCC(CC[C@H](N[S@@+]([O-])C(C)(C)C)c1cc(F)cc(F)c1)C(=O)O. The Kier molecular flexibility index (Phi) is 7.63. The fourth-order valence-electron chi connectivity index (χ4n) is 2.25. The van der Waals surface area contributed by atoms with Crippen LogP contribution in [0.2, 0.25) is 0 Å². The molecule has 7 heteroatoms. The molecule has 0 radical (unpaired) electrons. The molecule has 0 amide bonds. The van der Waals surface area contributed by atoms with Gasteiger partial charge in [0.1, 0.15) is 16.4 Å². The highest BCUT2D eigenvalue weighted by molar-refractivity contribution is 7.90. The van der Waals surface area contributed by atoms with Crippen LogP contribution >= 0.6 is 0 Å². The van der Waals surface area contributed by atoms with E-state index in [0.29, 0.717) is 24.8 Å². The fraction of sp³-hybridized carbons (Fsp3) is 0.588. The summed E-state index contributed by atoms with van der Waals surface area (Å²) in [4.78, 5) is 11.2. The predicted molar refractivity (Wildman–Crippen MR) is 90.8 cm³/mol. The van der Waals surface area contributed by atoms with E-state index in [2.05, 4.69) is 4.72 Å². The lowest BCUT2D eigenvalue weighted by Gasteiger charge is -2.28. The van der Waals surface area contributed by atoms with Crippen LogP contribution in [0.5, 0.6) is 0 Å². The van der Waals surface area contributed by atoms with E-state index in [1.54, 1.807) is 27.7 Å². The standard InChI is InChI=1S/C17H25F2NO3S/c1-5-11(16(21)22)6-7-15(20-24(23)17(2,3)4)12-8-13(18)10-14(19)9-12/h8-11,15,20H,5-7H2,1-4H3,(H,21,22)/t11?,15-,24-/m0/s1. The Morgan fingerprint density at radius 1 is 1.25 bits per heavy atom. The Morgan fingerprint density at radius 2 is 1.79 bits per heavy atom. The lowest BCUT2D eigenvalue weighted by molar-refractivity contribution is -0.142. The van der Waals surface area contributed by atoms with Gasteiger partial charge >= 0.3 is 5.97 Å². The molecule has 0 saturated heterocycles. The van der Waals surface area contributed by atoms with Crippen LogP contribution in [0.25, 0.3) is 0 Å². The Labute approximate surface area is 145 Å². The van der Waals surface area contributed by atoms with Gasteiger partial charge in [-0.15, -0.1) is 4.72 Å². The molecule has 0 aromatic heterocycles. The minimum absolute atomic E-state index is 0.315. The smallest absolute Gasteiger partial charge is 0.306 e. The van der Waals surface area contributed by atoms with E-state index < -0.39 is 45.7 Å². The largest absolute Gasteiger partial charge is 0.598 e. The van der Waals surface area contributed by atoms with Gasteiger partial charge in [-0.1, -0.05) is 6.92 Å². The van der Waals surface area contributed by atoms with Gasteiger partial charge in [-0.25, -0.2) is 8.78 Å². The molecule has 0 aliphatic carbocycles. The van der Waals surface area contributed by atoms with Crippen molar-refractivity contribution in [3.63, 3.8) is 0 Å². The Balaban J connectivity index is 3.00. The number of carboxylic acids is 1. The molecule has 0 heterocycles. The first-order valence-electron chi connectivity index (χ1n) is 7.91. The number of aliphatic carboxylic acids is 1. The number of carboxylic acid groups (broad SMARTS) is 1. The summed E-state index contributed by atoms with van der Waals surface area (Å²) in [6.07, 6.45) is 1.10.